The second-order valence-electron chi connectivity index (χ2n) is 8.11. The second kappa shape index (κ2) is 7.01. The van der Waals surface area contributed by atoms with E-state index in [2.05, 4.69) is 106 Å². The third kappa shape index (κ3) is 3.93. The molecular weight excluding hydrogens is 302 g/mol. The average molecular weight is 332 g/mol. The summed E-state index contributed by atoms with van der Waals surface area (Å²) < 4.78 is 0. The lowest BCUT2D eigenvalue weighted by molar-refractivity contribution is 0.254. The first-order valence-electron chi connectivity index (χ1n) is 9.13. The molecule has 0 fully saturated rings. The lowest BCUT2D eigenvalue weighted by Gasteiger charge is -2.27. The molecule has 25 heavy (non-hydrogen) atoms. The minimum absolute atomic E-state index is 0.209. The van der Waals surface area contributed by atoms with Crippen molar-refractivity contribution in [2.45, 2.75) is 45.7 Å². The van der Waals surface area contributed by atoms with E-state index in [0.717, 1.165) is 6.54 Å². The molecule has 130 valence electrons. The summed E-state index contributed by atoms with van der Waals surface area (Å²) in [6.07, 6.45) is 0. The number of nitrogens with zero attached hydrogens (tertiary/aromatic N) is 1. The Morgan fingerprint density at radius 3 is 2.16 bits per heavy atom. The van der Waals surface area contributed by atoms with Crippen LogP contribution in [-0.4, -0.2) is 11.9 Å². The summed E-state index contributed by atoms with van der Waals surface area (Å²) >= 11 is 0. The summed E-state index contributed by atoms with van der Waals surface area (Å²) in [5.74, 6) is 0. The average Bonchev–Trinajstić information content (AvgIpc) is 2.60. The quantitative estimate of drug-likeness (QED) is 0.540. The Kier molecular flexibility index (Phi) is 4.96. The highest BCUT2D eigenvalue weighted by atomic mass is 15.1. The molecule has 1 atom stereocenters. The zero-order valence-corrected chi connectivity index (χ0v) is 16.1. The van der Waals surface area contributed by atoms with Gasteiger partial charge in [0.15, 0.2) is 0 Å². The number of benzene rings is 3. The van der Waals surface area contributed by atoms with E-state index in [1.54, 1.807) is 0 Å². The number of fused-ring (bicyclic) bond motifs is 1. The topological polar surface area (TPSA) is 3.24 Å². The molecule has 0 amide bonds. The third-order valence-electron chi connectivity index (χ3n) is 5.19. The zero-order valence-electron chi connectivity index (χ0n) is 16.1. The highest BCUT2D eigenvalue weighted by molar-refractivity contribution is 5.86. The predicted molar refractivity (Wildman–Crippen MR) is 109 cm³/mol. The maximum atomic E-state index is 2.42. The number of hydrogen-bond acceptors (Lipinski definition) is 1. The van der Waals surface area contributed by atoms with Gasteiger partial charge in [-0.1, -0.05) is 87.5 Å². The summed E-state index contributed by atoms with van der Waals surface area (Å²) in [4.78, 5) is 2.42. The van der Waals surface area contributed by atoms with Gasteiger partial charge >= 0.3 is 0 Å². The smallest absolute Gasteiger partial charge is 0.0326 e. The first kappa shape index (κ1) is 17.7. The van der Waals surface area contributed by atoms with E-state index >= 15 is 0 Å². The van der Waals surface area contributed by atoms with E-state index in [0.29, 0.717) is 6.04 Å². The van der Waals surface area contributed by atoms with Crippen LogP contribution < -0.4 is 0 Å². The Labute approximate surface area is 152 Å². The molecule has 3 aromatic rings. The van der Waals surface area contributed by atoms with Gasteiger partial charge < -0.3 is 0 Å². The fourth-order valence-corrected chi connectivity index (χ4v) is 3.39. The normalized spacial score (nSPS) is 13.4. The van der Waals surface area contributed by atoms with Crippen LogP contribution >= 0.6 is 0 Å². The van der Waals surface area contributed by atoms with Gasteiger partial charge in [-0.05, 0) is 46.8 Å². The maximum absolute atomic E-state index is 2.42. The molecule has 0 bridgehead atoms. The standard InChI is InChI=1S/C24H29N/c1-18(22-12-8-10-20-9-6-7-11-23(20)22)25(5)17-19-13-15-21(16-14-19)24(2,3)4/h6-16,18H,17H2,1-5H3/t18-/m1/s1. The molecule has 0 unspecified atom stereocenters. The van der Waals surface area contributed by atoms with Crippen molar-refractivity contribution in [1.29, 1.82) is 0 Å². The minimum atomic E-state index is 0.209. The minimum Gasteiger partial charge on any atom is -0.295 e. The van der Waals surface area contributed by atoms with Gasteiger partial charge in [0.05, 0.1) is 0 Å². The first-order valence-corrected chi connectivity index (χ1v) is 9.13. The monoisotopic (exact) mass is 331 g/mol. The Hall–Kier alpha value is -2.12. The van der Waals surface area contributed by atoms with Crippen molar-refractivity contribution in [3.63, 3.8) is 0 Å². The number of rotatable bonds is 4. The van der Waals surface area contributed by atoms with E-state index in [1.807, 2.05) is 0 Å². The van der Waals surface area contributed by atoms with Gasteiger partial charge in [-0.2, -0.15) is 0 Å². The van der Waals surface area contributed by atoms with Crippen molar-refractivity contribution in [3.05, 3.63) is 83.4 Å². The van der Waals surface area contributed by atoms with E-state index < -0.39 is 0 Å². The molecule has 0 radical (unpaired) electrons. The molecule has 3 rings (SSSR count). The predicted octanol–water partition coefficient (Wildman–Crippen LogP) is 6.33. The lowest BCUT2D eigenvalue weighted by atomic mass is 9.86. The van der Waals surface area contributed by atoms with Crippen molar-refractivity contribution >= 4 is 10.8 Å². The third-order valence-corrected chi connectivity index (χ3v) is 5.19. The van der Waals surface area contributed by atoms with Gasteiger partial charge in [0.1, 0.15) is 0 Å². The maximum Gasteiger partial charge on any atom is 0.0326 e. The van der Waals surface area contributed by atoms with Gasteiger partial charge in [0.25, 0.3) is 0 Å². The Morgan fingerprint density at radius 1 is 0.840 bits per heavy atom. The van der Waals surface area contributed by atoms with Crippen molar-refractivity contribution in [2.75, 3.05) is 7.05 Å². The van der Waals surface area contributed by atoms with E-state index in [-0.39, 0.29) is 5.41 Å². The summed E-state index contributed by atoms with van der Waals surface area (Å²) in [5, 5.41) is 2.67. The van der Waals surface area contributed by atoms with Crippen molar-refractivity contribution in [1.82, 2.24) is 4.90 Å². The second-order valence-corrected chi connectivity index (χ2v) is 8.11. The molecule has 0 aromatic heterocycles. The zero-order chi connectivity index (χ0) is 18.0. The molecule has 0 spiro atoms. The van der Waals surface area contributed by atoms with Crippen molar-refractivity contribution in [3.8, 4) is 0 Å². The van der Waals surface area contributed by atoms with E-state index in [4.69, 9.17) is 0 Å². The van der Waals surface area contributed by atoms with Gasteiger partial charge in [-0.25, -0.2) is 0 Å². The van der Waals surface area contributed by atoms with Crippen LogP contribution in [0.5, 0.6) is 0 Å². The van der Waals surface area contributed by atoms with Crippen LogP contribution in [0.25, 0.3) is 10.8 Å². The van der Waals surface area contributed by atoms with E-state index in [1.165, 1.54) is 27.5 Å². The summed E-state index contributed by atoms with van der Waals surface area (Å²) in [7, 11) is 2.21. The Balaban J connectivity index is 1.79. The largest absolute Gasteiger partial charge is 0.295 e. The van der Waals surface area contributed by atoms with Crippen LogP contribution in [0.1, 0.15) is 50.4 Å². The first-order chi connectivity index (χ1) is 11.9. The molecular formula is C24H29N. The molecule has 0 N–H and O–H groups in total. The highest BCUT2D eigenvalue weighted by Gasteiger charge is 2.16. The Morgan fingerprint density at radius 2 is 1.48 bits per heavy atom. The molecule has 0 aliphatic carbocycles. The molecule has 0 aliphatic rings. The summed E-state index contributed by atoms with van der Waals surface area (Å²) in [5.41, 5.74) is 4.36. The highest BCUT2D eigenvalue weighted by Crippen LogP contribution is 2.28. The molecule has 1 nitrogen and oxygen atoms in total. The fourth-order valence-electron chi connectivity index (χ4n) is 3.39. The molecule has 0 saturated carbocycles. The summed E-state index contributed by atoms with van der Waals surface area (Å²) in [6.45, 7) is 10.0. The molecule has 0 aliphatic heterocycles. The molecule has 1 heteroatoms. The van der Waals surface area contributed by atoms with Gasteiger partial charge in [0.2, 0.25) is 0 Å². The van der Waals surface area contributed by atoms with Crippen LogP contribution in [0.2, 0.25) is 0 Å². The Bertz CT molecular complexity index is 835. The fraction of sp³-hybridized carbons (Fsp3) is 0.333. The van der Waals surface area contributed by atoms with Crippen LogP contribution in [0.4, 0.5) is 0 Å². The van der Waals surface area contributed by atoms with E-state index in [9.17, 15) is 0 Å². The van der Waals surface area contributed by atoms with Crippen LogP contribution in [-0.2, 0) is 12.0 Å². The number of hydrogen-bond donors (Lipinski definition) is 0. The summed E-state index contributed by atoms with van der Waals surface area (Å²) in [6, 6.07) is 24.7. The van der Waals surface area contributed by atoms with Gasteiger partial charge in [-0.15, -0.1) is 0 Å². The molecule has 0 heterocycles. The SMILES string of the molecule is C[C@H](c1cccc2ccccc12)N(C)Cc1ccc(C(C)(C)C)cc1. The van der Waals surface area contributed by atoms with Crippen LogP contribution in [0.15, 0.2) is 66.7 Å². The molecule has 3 aromatic carbocycles. The van der Waals surface area contributed by atoms with Crippen LogP contribution in [0.3, 0.4) is 0 Å². The lowest BCUT2D eigenvalue weighted by Crippen LogP contribution is -2.22. The van der Waals surface area contributed by atoms with Crippen LogP contribution in [0, 0.1) is 0 Å². The van der Waals surface area contributed by atoms with Crippen molar-refractivity contribution in [2.24, 2.45) is 0 Å². The molecule has 0 saturated heterocycles. The van der Waals surface area contributed by atoms with Crippen molar-refractivity contribution < 1.29 is 0 Å². The van der Waals surface area contributed by atoms with Gasteiger partial charge in [-0.3, -0.25) is 4.90 Å². The van der Waals surface area contributed by atoms with Gasteiger partial charge in [0, 0.05) is 12.6 Å².